The molecule has 3 aromatic rings. The van der Waals surface area contributed by atoms with E-state index in [1.54, 1.807) is 6.07 Å². The average Bonchev–Trinajstić information content (AvgIpc) is 2.67. The largest absolute Gasteiger partial charge is 0.393 e. The van der Waals surface area contributed by atoms with Gasteiger partial charge in [-0.05, 0) is 48.7 Å². The number of rotatable bonds is 7. The first-order valence-corrected chi connectivity index (χ1v) is 9.13. The lowest BCUT2D eigenvalue weighted by Crippen LogP contribution is -2.05. The summed E-state index contributed by atoms with van der Waals surface area (Å²) in [5.41, 5.74) is 9.31. The van der Waals surface area contributed by atoms with Crippen molar-refractivity contribution in [3.05, 3.63) is 65.2 Å². The van der Waals surface area contributed by atoms with Crippen LogP contribution in [-0.2, 0) is 6.42 Å². The summed E-state index contributed by atoms with van der Waals surface area (Å²) in [6.07, 6.45) is 4.82. The van der Waals surface area contributed by atoms with Crippen molar-refractivity contribution in [2.45, 2.75) is 26.2 Å². The molecule has 4 N–H and O–H groups in total. The summed E-state index contributed by atoms with van der Waals surface area (Å²) in [5, 5.41) is 6.25. The molecule has 7 heteroatoms. The van der Waals surface area contributed by atoms with E-state index < -0.39 is 5.82 Å². The maximum Gasteiger partial charge on any atom is 0.159 e. The zero-order valence-corrected chi connectivity index (χ0v) is 15.7. The van der Waals surface area contributed by atoms with E-state index in [-0.39, 0.29) is 5.02 Å². The van der Waals surface area contributed by atoms with E-state index in [0.29, 0.717) is 23.0 Å². The van der Waals surface area contributed by atoms with Gasteiger partial charge in [0.2, 0.25) is 0 Å². The molecular formula is C20H21ClFN5. The van der Waals surface area contributed by atoms with Crippen LogP contribution in [0.1, 0.15) is 25.3 Å². The molecule has 0 radical (unpaired) electrons. The van der Waals surface area contributed by atoms with Crippen molar-refractivity contribution in [3.8, 4) is 0 Å². The number of nitrogens with zero attached hydrogens (tertiary/aromatic N) is 2. The van der Waals surface area contributed by atoms with Gasteiger partial charge in [0.1, 0.15) is 17.8 Å². The zero-order valence-electron chi connectivity index (χ0n) is 15.0. The fourth-order valence-corrected chi connectivity index (χ4v) is 2.76. The van der Waals surface area contributed by atoms with Crippen molar-refractivity contribution in [1.29, 1.82) is 0 Å². The number of unbranched alkanes of at least 4 members (excludes halogenated alkanes) is 1. The number of benzene rings is 2. The van der Waals surface area contributed by atoms with Crippen molar-refractivity contribution in [2.24, 2.45) is 0 Å². The van der Waals surface area contributed by atoms with E-state index in [1.165, 1.54) is 36.9 Å². The fourth-order valence-electron chi connectivity index (χ4n) is 2.58. The maximum atomic E-state index is 13.3. The van der Waals surface area contributed by atoms with Gasteiger partial charge < -0.3 is 16.4 Å². The van der Waals surface area contributed by atoms with Gasteiger partial charge in [-0.1, -0.05) is 37.1 Å². The predicted molar refractivity (Wildman–Crippen MR) is 109 cm³/mol. The molecule has 0 aliphatic carbocycles. The van der Waals surface area contributed by atoms with Crippen LogP contribution in [0, 0.1) is 5.82 Å². The molecule has 27 heavy (non-hydrogen) atoms. The molecule has 0 saturated heterocycles. The number of halogens is 2. The molecule has 140 valence electrons. The van der Waals surface area contributed by atoms with Gasteiger partial charge in [-0.2, -0.15) is 0 Å². The standard InChI is InChI=1S/C20H21ClFN5/c1-2-3-4-13-5-7-14(8-6-13)26-19-18(23)20(25-12-24-19)27-15-9-10-17(22)16(21)11-15/h5-12H,2-4,23H2,1H3,(H2,24,25,26,27). The molecule has 0 aliphatic heterocycles. The number of aromatic nitrogens is 2. The molecular weight excluding hydrogens is 365 g/mol. The number of hydrogen-bond donors (Lipinski definition) is 3. The summed E-state index contributed by atoms with van der Waals surface area (Å²) >= 11 is 5.81. The first kappa shape index (κ1) is 18.9. The minimum atomic E-state index is -0.484. The lowest BCUT2D eigenvalue weighted by atomic mass is 10.1. The maximum absolute atomic E-state index is 13.3. The third-order valence-corrected chi connectivity index (χ3v) is 4.39. The minimum absolute atomic E-state index is 0.0224. The van der Waals surface area contributed by atoms with Gasteiger partial charge in [0.05, 0.1) is 5.02 Å². The Bertz CT molecular complexity index is 915. The van der Waals surface area contributed by atoms with E-state index in [4.69, 9.17) is 17.3 Å². The number of aryl methyl sites for hydroxylation is 1. The van der Waals surface area contributed by atoms with Gasteiger partial charge in [0.25, 0.3) is 0 Å². The number of nitrogens with two attached hydrogens (primary N) is 1. The third-order valence-electron chi connectivity index (χ3n) is 4.10. The van der Waals surface area contributed by atoms with Gasteiger partial charge in [-0.25, -0.2) is 14.4 Å². The Morgan fingerprint density at radius 2 is 1.63 bits per heavy atom. The van der Waals surface area contributed by atoms with Gasteiger partial charge in [0.15, 0.2) is 11.6 Å². The third kappa shape index (κ3) is 4.86. The number of hydrogen-bond acceptors (Lipinski definition) is 5. The molecule has 3 rings (SSSR count). The molecule has 5 nitrogen and oxygen atoms in total. The molecule has 1 heterocycles. The van der Waals surface area contributed by atoms with Crippen molar-refractivity contribution in [2.75, 3.05) is 16.4 Å². The monoisotopic (exact) mass is 385 g/mol. The second-order valence-corrected chi connectivity index (χ2v) is 6.57. The topological polar surface area (TPSA) is 75.9 Å². The van der Waals surface area contributed by atoms with Crippen LogP contribution in [0.15, 0.2) is 48.8 Å². The normalized spacial score (nSPS) is 10.6. The van der Waals surface area contributed by atoms with Gasteiger partial charge in [-0.3, -0.25) is 0 Å². The highest BCUT2D eigenvalue weighted by Gasteiger charge is 2.10. The quantitative estimate of drug-likeness (QED) is 0.487. The first-order valence-electron chi connectivity index (χ1n) is 8.75. The van der Waals surface area contributed by atoms with Gasteiger partial charge >= 0.3 is 0 Å². The summed E-state index contributed by atoms with van der Waals surface area (Å²) in [5.74, 6) is 0.416. The van der Waals surface area contributed by atoms with E-state index in [0.717, 1.165) is 12.1 Å². The predicted octanol–water partition coefficient (Wildman–Crippen LogP) is 5.68. The van der Waals surface area contributed by atoms with Crippen molar-refractivity contribution in [3.63, 3.8) is 0 Å². The van der Waals surface area contributed by atoms with Gasteiger partial charge in [0, 0.05) is 11.4 Å². The zero-order chi connectivity index (χ0) is 19.2. The average molecular weight is 386 g/mol. The Kier molecular flexibility index (Phi) is 6.08. The van der Waals surface area contributed by atoms with Crippen LogP contribution in [-0.4, -0.2) is 9.97 Å². The molecule has 0 bridgehead atoms. The summed E-state index contributed by atoms with van der Waals surface area (Å²) < 4.78 is 13.3. The fraction of sp³-hybridized carbons (Fsp3) is 0.200. The van der Waals surface area contributed by atoms with E-state index >= 15 is 0 Å². The van der Waals surface area contributed by atoms with E-state index in [1.807, 2.05) is 12.1 Å². The highest BCUT2D eigenvalue weighted by molar-refractivity contribution is 6.31. The summed E-state index contributed by atoms with van der Waals surface area (Å²) in [4.78, 5) is 8.36. The molecule has 0 atom stereocenters. The number of anilines is 5. The molecule has 0 saturated carbocycles. The number of nitrogens with one attached hydrogen (secondary N) is 2. The van der Waals surface area contributed by atoms with Crippen LogP contribution < -0.4 is 16.4 Å². The summed E-state index contributed by atoms with van der Waals surface area (Å²) in [6.45, 7) is 2.18. The second kappa shape index (κ2) is 8.68. The lowest BCUT2D eigenvalue weighted by molar-refractivity contribution is 0.628. The van der Waals surface area contributed by atoms with Crippen molar-refractivity contribution >= 4 is 40.3 Å². The Hall–Kier alpha value is -2.86. The molecule has 0 aliphatic rings. The summed E-state index contributed by atoms with van der Waals surface area (Å²) in [6, 6.07) is 12.5. The SMILES string of the molecule is CCCCc1ccc(Nc2ncnc(Nc3ccc(F)c(Cl)c3)c2N)cc1. The van der Waals surface area contributed by atoms with Crippen LogP contribution in [0.5, 0.6) is 0 Å². The molecule has 0 fully saturated rings. The van der Waals surface area contributed by atoms with Crippen LogP contribution >= 0.6 is 11.6 Å². The smallest absolute Gasteiger partial charge is 0.159 e. The highest BCUT2D eigenvalue weighted by Crippen LogP contribution is 2.29. The molecule has 0 unspecified atom stereocenters. The van der Waals surface area contributed by atoms with E-state index in [2.05, 4.69) is 39.7 Å². The summed E-state index contributed by atoms with van der Waals surface area (Å²) in [7, 11) is 0. The van der Waals surface area contributed by atoms with Crippen LogP contribution in [0.25, 0.3) is 0 Å². The Morgan fingerprint density at radius 1 is 1.00 bits per heavy atom. The Morgan fingerprint density at radius 3 is 2.26 bits per heavy atom. The molecule has 2 aromatic carbocycles. The van der Waals surface area contributed by atoms with Crippen LogP contribution in [0.3, 0.4) is 0 Å². The molecule has 1 aromatic heterocycles. The molecule has 0 amide bonds. The van der Waals surface area contributed by atoms with E-state index in [9.17, 15) is 4.39 Å². The Balaban J connectivity index is 1.75. The lowest BCUT2D eigenvalue weighted by Gasteiger charge is -2.13. The Labute approximate surface area is 162 Å². The van der Waals surface area contributed by atoms with Crippen LogP contribution in [0.2, 0.25) is 5.02 Å². The van der Waals surface area contributed by atoms with Crippen molar-refractivity contribution < 1.29 is 4.39 Å². The van der Waals surface area contributed by atoms with Crippen LogP contribution in [0.4, 0.5) is 33.1 Å². The minimum Gasteiger partial charge on any atom is -0.393 e. The first-order chi connectivity index (χ1) is 13.1. The number of nitrogen functional groups attached to an aromatic ring is 1. The van der Waals surface area contributed by atoms with Gasteiger partial charge in [-0.15, -0.1) is 0 Å². The van der Waals surface area contributed by atoms with Crippen molar-refractivity contribution in [1.82, 2.24) is 9.97 Å². The molecule has 0 spiro atoms. The second-order valence-electron chi connectivity index (χ2n) is 6.16. The highest BCUT2D eigenvalue weighted by atomic mass is 35.5.